The number of nitrogens with one attached hydrogen (secondary N) is 1. The second-order valence-corrected chi connectivity index (χ2v) is 5.95. The SMILES string of the molecule is CN=C(NCc1ccc(OC)nc1)N1CCN(c2cnn(C)c2)C(=O)C1. The van der Waals surface area contributed by atoms with Gasteiger partial charge in [-0.25, -0.2) is 4.98 Å². The summed E-state index contributed by atoms with van der Waals surface area (Å²) in [6, 6.07) is 3.76. The minimum absolute atomic E-state index is 0.0262. The number of aliphatic imine (C=N–C) groups is 1. The molecule has 1 N–H and O–H groups in total. The number of carbonyl (C=O) groups is 1. The zero-order valence-electron chi connectivity index (χ0n) is 15.2. The van der Waals surface area contributed by atoms with Crippen LogP contribution in [-0.2, 0) is 18.4 Å². The summed E-state index contributed by atoms with van der Waals surface area (Å²) in [5.41, 5.74) is 1.83. The van der Waals surface area contributed by atoms with E-state index in [0.717, 1.165) is 11.3 Å². The van der Waals surface area contributed by atoms with Crippen LogP contribution in [0.4, 0.5) is 5.69 Å². The first-order chi connectivity index (χ1) is 12.6. The van der Waals surface area contributed by atoms with Gasteiger partial charge in [0, 0.05) is 52.2 Å². The van der Waals surface area contributed by atoms with E-state index in [4.69, 9.17) is 4.74 Å². The van der Waals surface area contributed by atoms with Crippen LogP contribution in [0.1, 0.15) is 5.56 Å². The molecule has 1 fully saturated rings. The largest absolute Gasteiger partial charge is 0.481 e. The number of piperazine rings is 1. The lowest BCUT2D eigenvalue weighted by atomic mass is 10.2. The van der Waals surface area contributed by atoms with Crippen molar-refractivity contribution in [1.82, 2.24) is 25.0 Å². The van der Waals surface area contributed by atoms with Crippen LogP contribution in [0.3, 0.4) is 0 Å². The predicted octanol–water partition coefficient (Wildman–Crippen LogP) is 0.248. The quantitative estimate of drug-likeness (QED) is 0.623. The Labute approximate surface area is 152 Å². The van der Waals surface area contributed by atoms with Gasteiger partial charge in [-0.05, 0) is 5.56 Å². The molecule has 3 heterocycles. The number of hydrogen-bond donors (Lipinski definition) is 1. The van der Waals surface area contributed by atoms with Crippen LogP contribution in [0.2, 0.25) is 0 Å². The van der Waals surface area contributed by atoms with Gasteiger partial charge in [0.05, 0.1) is 19.0 Å². The van der Waals surface area contributed by atoms with E-state index in [1.165, 1.54) is 0 Å². The van der Waals surface area contributed by atoms with Crippen molar-refractivity contribution in [3.63, 3.8) is 0 Å². The lowest BCUT2D eigenvalue weighted by Gasteiger charge is -2.35. The summed E-state index contributed by atoms with van der Waals surface area (Å²) in [6.07, 6.45) is 5.30. The molecule has 0 aliphatic carbocycles. The summed E-state index contributed by atoms with van der Waals surface area (Å²) in [6.45, 7) is 2.13. The molecule has 9 heteroatoms. The highest BCUT2D eigenvalue weighted by Crippen LogP contribution is 2.16. The molecule has 26 heavy (non-hydrogen) atoms. The molecule has 2 aromatic rings. The summed E-state index contributed by atoms with van der Waals surface area (Å²) in [5, 5.41) is 7.41. The summed E-state index contributed by atoms with van der Waals surface area (Å²) in [7, 11) is 5.14. The molecule has 0 saturated carbocycles. The minimum atomic E-state index is 0.0262. The molecule has 0 radical (unpaired) electrons. The van der Waals surface area contributed by atoms with Gasteiger partial charge in [0.2, 0.25) is 11.8 Å². The zero-order valence-corrected chi connectivity index (χ0v) is 15.2. The molecule has 138 valence electrons. The van der Waals surface area contributed by atoms with Gasteiger partial charge in [0.25, 0.3) is 0 Å². The summed E-state index contributed by atoms with van der Waals surface area (Å²) < 4.78 is 6.75. The van der Waals surface area contributed by atoms with Crippen molar-refractivity contribution in [3.05, 3.63) is 36.3 Å². The van der Waals surface area contributed by atoms with Gasteiger partial charge in [-0.1, -0.05) is 6.07 Å². The topological polar surface area (TPSA) is 87.9 Å². The van der Waals surface area contributed by atoms with Crippen LogP contribution in [0.15, 0.2) is 35.7 Å². The average Bonchev–Trinajstić information content (AvgIpc) is 3.09. The molecule has 9 nitrogen and oxygen atoms in total. The molecule has 0 unspecified atom stereocenters. The second-order valence-electron chi connectivity index (χ2n) is 5.95. The van der Waals surface area contributed by atoms with Gasteiger partial charge >= 0.3 is 0 Å². The molecule has 2 aromatic heterocycles. The van der Waals surface area contributed by atoms with Gasteiger partial charge in [-0.2, -0.15) is 5.10 Å². The first kappa shape index (κ1) is 17.7. The van der Waals surface area contributed by atoms with E-state index in [2.05, 4.69) is 20.4 Å². The number of anilines is 1. The van der Waals surface area contributed by atoms with Gasteiger partial charge < -0.3 is 19.9 Å². The van der Waals surface area contributed by atoms with Crippen molar-refractivity contribution in [1.29, 1.82) is 0 Å². The highest BCUT2D eigenvalue weighted by Gasteiger charge is 2.27. The van der Waals surface area contributed by atoms with Crippen LogP contribution in [0.5, 0.6) is 5.88 Å². The number of ether oxygens (including phenoxy) is 1. The number of guanidine groups is 1. The Morgan fingerprint density at radius 2 is 2.19 bits per heavy atom. The molecule has 1 aliphatic heterocycles. The van der Waals surface area contributed by atoms with Crippen molar-refractivity contribution in [2.75, 3.05) is 38.7 Å². The van der Waals surface area contributed by atoms with Crippen LogP contribution in [-0.4, -0.2) is 65.3 Å². The standard InChI is InChI=1S/C17H23N7O2/c1-18-17(20-9-13-4-5-15(26-3)19-8-13)23-6-7-24(16(25)12-23)14-10-21-22(2)11-14/h4-5,8,10-11H,6-7,9,12H2,1-3H3,(H,18,20). The Morgan fingerprint density at radius 1 is 1.35 bits per heavy atom. The molecule has 1 saturated heterocycles. The maximum Gasteiger partial charge on any atom is 0.246 e. The van der Waals surface area contributed by atoms with E-state index in [1.807, 2.05) is 30.3 Å². The number of pyridine rings is 1. The van der Waals surface area contributed by atoms with Crippen molar-refractivity contribution in [2.24, 2.45) is 12.0 Å². The Bertz CT molecular complexity index is 785. The third kappa shape index (κ3) is 3.93. The van der Waals surface area contributed by atoms with E-state index in [0.29, 0.717) is 31.5 Å². The fourth-order valence-electron chi connectivity index (χ4n) is 2.82. The first-order valence-electron chi connectivity index (χ1n) is 8.34. The van der Waals surface area contributed by atoms with Gasteiger partial charge in [-0.15, -0.1) is 0 Å². The number of methoxy groups -OCH3 is 1. The highest BCUT2D eigenvalue weighted by molar-refractivity contribution is 5.98. The minimum Gasteiger partial charge on any atom is -0.481 e. The third-order valence-corrected chi connectivity index (χ3v) is 4.19. The van der Waals surface area contributed by atoms with Gasteiger partial charge in [0.1, 0.15) is 6.54 Å². The fraction of sp³-hybridized carbons (Fsp3) is 0.412. The van der Waals surface area contributed by atoms with Gasteiger partial charge in [0.15, 0.2) is 5.96 Å². The van der Waals surface area contributed by atoms with E-state index >= 15 is 0 Å². The third-order valence-electron chi connectivity index (χ3n) is 4.19. The lowest BCUT2D eigenvalue weighted by molar-refractivity contribution is -0.120. The van der Waals surface area contributed by atoms with E-state index < -0.39 is 0 Å². The predicted molar refractivity (Wildman–Crippen MR) is 98.1 cm³/mol. The van der Waals surface area contributed by atoms with Crippen LogP contribution < -0.4 is 15.0 Å². The Hall–Kier alpha value is -3.10. The van der Waals surface area contributed by atoms with Crippen LogP contribution in [0.25, 0.3) is 0 Å². The van der Waals surface area contributed by atoms with E-state index in [9.17, 15) is 4.79 Å². The molecule has 0 atom stereocenters. The fourth-order valence-corrected chi connectivity index (χ4v) is 2.82. The number of hydrogen-bond acceptors (Lipinski definition) is 5. The van der Waals surface area contributed by atoms with Crippen molar-refractivity contribution in [3.8, 4) is 5.88 Å². The molecular formula is C17H23N7O2. The van der Waals surface area contributed by atoms with Crippen LogP contribution >= 0.6 is 0 Å². The highest BCUT2D eigenvalue weighted by atomic mass is 16.5. The molecule has 1 amide bonds. The molecular weight excluding hydrogens is 334 g/mol. The molecule has 0 spiro atoms. The molecule has 3 rings (SSSR count). The maximum absolute atomic E-state index is 12.5. The number of carbonyl (C=O) groups excluding carboxylic acids is 1. The van der Waals surface area contributed by atoms with Crippen LogP contribution in [0, 0.1) is 0 Å². The zero-order chi connectivity index (χ0) is 18.5. The number of rotatable bonds is 4. The smallest absolute Gasteiger partial charge is 0.246 e. The summed E-state index contributed by atoms with van der Waals surface area (Å²) in [4.78, 5) is 24.7. The van der Waals surface area contributed by atoms with Crippen molar-refractivity contribution < 1.29 is 9.53 Å². The van der Waals surface area contributed by atoms with Crippen molar-refractivity contribution >= 4 is 17.6 Å². The maximum atomic E-state index is 12.5. The number of aryl methyl sites for hydroxylation is 1. The first-order valence-corrected chi connectivity index (χ1v) is 8.34. The number of nitrogens with zero attached hydrogens (tertiary/aromatic N) is 6. The van der Waals surface area contributed by atoms with Gasteiger partial charge in [-0.3, -0.25) is 14.5 Å². The van der Waals surface area contributed by atoms with E-state index in [1.54, 1.807) is 36.1 Å². The van der Waals surface area contributed by atoms with E-state index in [-0.39, 0.29) is 12.5 Å². The Balaban J connectivity index is 1.58. The molecule has 0 aromatic carbocycles. The second kappa shape index (κ2) is 7.85. The monoisotopic (exact) mass is 357 g/mol. The normalized spacial score (nSPS) is 15.3. The average molecular weight is 357 g/mol. The molecule has 0 bridgehead atoms. The molecule has 1 aliphatic rings. The Morgan fingerprint density at radius 3 is 2.77 bits per heavy atom. The van der Waals surface area contributed by atoms with Crippen molar-refractivity contribution in [2.45, 2.75) is 6.54 Å². The Kier molecular flexibility index (Phi) is 5.35. The summed E-state index contributed by atoms with van der Waals surface area (Å²) in [5.74, 6) is 1.30. The lowest BCUT2D eigenvalue weighted by Crippen LogP contribution is -2.55. The number of aromatic nitrogens is 3. The summed E-state index contributed by atoms with van der Waals surface area (Å²) >= 11 is 0. The number of amides is 1.